The molecule has 1 aromatic rings. The fourth-order valence-corrected chi connectivity index (χ4v) is 0.868. The zero-order valence-corrected chi connectivity index (χ0v) is 9.39. The summed E-state index contributed by atoms with van der Waals surface area (Å²) in [5.74, 6) is 0. The molecule has 0 aliphatic heterocycles. The van der Waals surface area contributed by atoms with Gasteiger partial charge in [-0.3, -0.25) is 9.11 Å². The summed E-state index contributed by atoms with van der Waals surface area (Å²) in [4.78, 5) is 0. The second-order valence-corrected chi connectivity index (χ2v) is 3.71. The minimum absolute atomic E-state index is 0.250. The van der Waals surface area contributed by atoms with Crippen LogP contribution in [-0.4, -0.2) is 35.8 Å². The maximum Gasteiger partial charge on any atom is 0.394 e. The highest BCUT2D eigenvalue weighted by Crippen LogP contribution is 2.03. The molecule has 0 heterocycles. The first-order valence-corrected chi connectivity index (χ1v) is 5.93. The zero-order valence-electron chi connectivity index (χ0n) is 8.57. The summed E-state index contributed by atoms with van der Waals surface area (Å²) < 4.78 is 31.6. The van der Waals surface area contributed by atoms with E-state index >= 15 is 0 Å². The average Bonchev–Trinajstić information content (AvgIpc) is 2.17. The number of aliphatic hydroxyl groups excluding tert-OH is 1. The Morgan fingerprint density at radius 3 is 2.06 bits per heavy atom. The highest BCUT2D eigenvalue weighted by atomic mass is 32.3. The van der Waals surface area contributed by atoms with E-state index in [0.717, 1.165) is 18.7 Å². The zero-order chi connectivity index (χ0) is 12.4. The van der Waals surface area contributed by atoms with Gasteiger partial charge in [-0.2, -0.15) is 8.42 Å². The quantitative estimate of drug-likeness (QED) is 0.465. The van der Waals surface area contributed by atoms with Crippen LogP contribution in [0.25, 0.3) is 0 Å². The molecular weight excluding hydrogens is 234 g/mol. The second kappa shape index (κ2) is 8.05. The summed E-state index contributed by atoms with van der Waals surface area (Å²) in [6.07, 6.45) is 0.800. The van der Waals surface area contributed by atoms with Crippen molar-refractivity contribution in [3.05, 3.63) is 30.3 Å². The van der Waals surface area contributed by atoms with Crippen LogP contribution in [0, 0.1) is 0 Å². The van der Waals surface area contributed by atoms with E-state index in [1.54, 1.807) is 0 Å². The third kappa shape index (κ3) is 12.8. The summed E-state index contributed by atoms with van der Waals surface area (Å²) in [5, 5.41) is 11.7. The van der Waals surface area contributed by atoms with Crippen LogP contribution in [-0.2, 0) is 10.4 Å². The molecule has 0 saturated heterocycles. The lowest BCUT2D eigenvalue weighted by Crippen LogP contribution is -2.02. The minimum Gasteiger partial charge on any atom is -0.396 e. The van der Waals surface area contributed by atoms with Gasteiger partial charge in [-0.25, -0.2) is 0 Å². The molecule has 92 valence electrons. The van der Waals surface area contributed by atoms with E-state index in [4.69, 9.17) is 22.6 Å². The molecule has 4 N–H and O–H groups in total. The van der Waals surface area contributed by atoms with Gasteiger partial charge in [0.1, 0.15) is 0 Å². The summed E-state index contributed by atoms with van der Waals surface area (Å²) in [7, 11) is -4.67. The molecule has 0 radical (unpaired) electrons. The van der Waals surface area contributed by atoms with E-state index in [1.807, 2.05) is 30.3 Å². The van der Waals surface area contributed by atoms with Gasteiger partial charge in [0.2, 0.25) is 0 Å². The van der Waals surface area contributed by atoms with Crippen LogP contribution in [0.3, 0.4) is 0 Å². The Bertz CT molecular complexity index is 357. The minimum atomic E-state index is -4.67. The van der Waals surface area contributed by atoms with Crippen molar-refractivity contribution in [3.63, 3.8) is 0 Å². The fourth-order valence-electron chi connectivity index (χ4n) is 0.868. The molecule has 0 bridgehead atoms. The van der Waals surface area contributed by atoms with Gasteiger partial charge in [-0.15, -0.1) is 0 Å². The number of anilines is 1. The lowest BCUT2D eigenvalue weighted by Gasteiger charge is -2.03. The van der Waals surface area contributed by atoms with Crippen molar-refractivity contribution in [3.8, 4) is 0 Å². The van der Waals surface area contributed by atoms with Crippen LogP contribution in [0.5, 0.6) is 0 Å². The van der Waals surface area contributed by atoms with Crippen LogP contribution < -0.4 is 5.32 Å². The Kier molecular flexibility index (Phi) is 7.48. The van der Waals surface area contributed by atoms with E-state index in [-0.39, 0.29) is 6.61 Å². The number of para-hydroxylation sites is 1. The first kappa shape index (κ1) is 14.8. The van der Waals surface area contributed by atoms with E-state index in [9.17, 15) is 0 Å². The molecule has 0 aromatic heterocycles. The molecule has 0 aliphatic carbocycles. The van der Waals surface area contributed by atoms with E-state index < -0.39 is 10.4 Å². The Labute approximate surface area is 94.5 Å². The molecular formula is C9H15NO5S. The highest BCUT2D eigenvalue weighted by molar-refractivity contribution is 7.79. The smallest absolute Gasteiger partial charge is 0.394 e. The molecule has 7 heteroatoms. The second-order valence-electron chi connectivity index (χ2n) is 2.82. The number of benzene rings is 1. The highest BCUT2D eigenvalue weighted by Gasteiger charge is 1.86. The van der Waals surface area contributed by atoms with Gasteiger partial charge in [-0.1, -0.05) is 18.2 Å². The maximum absolute atomic E-state index is 8.74. The first-order valence-electron chi connectivity index (χ1n) is 4.53. The molecule has 16 heavy (non-hydrogen) atoms. The first-order chi connectivity index (χ1) is 7.43. The number of hydrogen-bond donors (Lipinski definition) is 4. The molecule has 1 aromatic carbocycles. The van der Waals surface area contributed by atoms with Gasteiger partial charge in [-0.05, 0) is 18.6 Å². The Balaban J connectivity index is 0.000000385. The third-order valence-electron chi connectivity index (χ3n) is 1.44. The van der Waals surface area contributed by atoms with Crippen molar-refractivity contribution < 1.29 is 22.6 Å². The number of hydrogen-bond acceptors (Lipinski definition) is 4. The molecule has 0 atom stereocenters. The topological polar surface area (TPSA) is 107 Å². The molecule has 0 saturated carbocycles. The van der Waals surface area contributed by atoms with Crippen LogP contribution in [0.15, 0.2) is 30.3 Å². The van der Waals surface area contributed by atoms with Gasteiger partial charge in [0.15, 0.2) is 0 Å². The third-order valence-corrected chi connectivity index (χ3v) is 1.44. The van der Waals surface area contributed by atoms with Crippen molar-refractivity contribution >= 4 is 16.1 Å². The molecule has 0 aliphatic rings. The van der Waals surface area contributed by atoms with Crippen molar-refractivity contribution in [2.24, 2.45) is 0 Å². The summed E-state index contributed by atoms with van der Waals surface area (Å²) in [6, 6.07) is 9.98. The Morgan fingerprint density at radius 1 is 1.12 bits per heavy atom. The van der Waals surface area contributed by atoms with Gasteiger partial charge >= 0.3 is 10.4 Å². The number of aliphatic hydroxyl groups is 1. The van der Waals surface area contributed by atoms with Crippen molar-refractivity contribution in [2.75, 3.05) is 18.5 Å². The van der Waals surface area contributed by atoms with Crippen LogP contribution in [0.4, 0.5) is 5.69 Å². The van der Waals surface area contributed by atoms with Gasteiger partial charge in [0, 0.05) is 18.8 Å². The van der Waals surface area contributed by atoms with Crippen LogP contribution in [0.2, 0.25) is 0 Å². The van der Waals surface area contributed by atoms with E-state index in [0.29, 0.717) is 0 Å². The summed E-state index contributed by atoms with van der Waals surface area (Å²) in [5.41, 5.74) is 1.11. The van der Waals surface area contributed by atoms with E-state index in [1.165, 1.54) is 0 Å². The standard InChI is InChI=1S/C9H13NO.H2O4S/c11-8-4-7-10-9-5-2-1-3-6-9;1-5(2,3)4/h1-3,5-6,10-11H,4,7-8H2;(H2,1,2,3,4). The molecule has 1 rings (SSSR count). The SMILES string of the molecule is O=S(=O)(O)O.OCCCNc1ccccc1. The van der Waals surface area contributed by atoms with Crippen molar-refractivity contribution in [1.29, 1.82) is 0 Å². The normalized spacial score (nSPS) is 10.2. The van der Waals surface area contributed by atoms with E-state index in [2.05, 4.69) is 5.32 Å². The summed E-state index contributed by atoms with van der Waals surface area (Å²) >= 11 is 0. The monoisotopic (exact) mass is 249 g/mol. The molecule has 0 amide bonds. The Morgan fingerprint density at radius 2 is 1.62 bits per heavy atom. The lowest BCUT2D eigenvalue weighted by molar-refractivity contribution is 0.292. The Hall–Kier alpha value is -1.15. The predicted octanol–water partition coefficient (Wildman–Crippen LogP) is 0.828. The lowest BCUT2D eigenvalue weighted by atomic mass is 10.3. The molecule has 0 fully saturated rings. The van der Waals surface area contributed by atoms with Crippen molar-refractivity contribution in [2.45, 2.75) is 6.42 Å². The average molecular weight is 249 g/mol. The predicted molar refractivity (Wildman–Crippen MR) is 60.8 cm³/mol. The number of rotatable bonds is 4. The largest absolute Gasteiger partial charge is 0.396 e. The van der Waals surface area contributed by atoms with Gasteiger partial charge < -0.3 is 10.4 Å². The molecule has 6 nitrogen and oxygen atoms in total. The van der Waals surface area contributed by atoms with Crippen LogP contribution in [0.1, 0.15) is 6.42 Å². The fraction of sp³-hybridized carbons (Fsp3) is 0.333. The maximum atomic E-state index is 8.74. The summed E-state index contributed by atoms with van der Waals surface area (Å²) in [6.45, 7) is 1.08. The molecule has 0 unspecified atom stereocenters. The van der Waals surface area contributed by atoms with Gasteiger partial charge in [0.25, 0.3) is 0 Å². The van der Waals surface area contributed by atoms with Crippen LogP contribution >= 0.6 is 0 Å². The van der Waals surface area contributed by atoms with Gasteiger partial charge in [0.05, 0.1) is 0 Å². The molecule has 0 spiro atoms. The number of nitrogens with one attached hydrogen (secondary N) is 1. The van der Waals surface area contributed by atoms with Crippen molar-refractivity contribution in [1.82, 2.24) is 0 Å².